The van der Waals surface area contributed by atoms with Crippen LogP contribution in [0.5, 0.6) is 0 Å². The number of piperidine rings is 1. The molecular weight excluding hydrogens is 430 g/mol. The fourth-order valence-corrected chi connectivity index (χ4v) is 4.21. The summed E-state index contributed by atoms with van der Waals surface area (Å²) in [5, 5.41) is 6.11. The van der Waals surface area contributed by atoms with Crippen molar-refractivity contribution in [3.05, 3.63) is 59.7 Å². The molecule has 2 fully saturated rings. The zero-order chi connectivity index (χ0) is 23.4. The van der Waals surface area contributed by atoms with Crippen LogP contribution < -0.4 is 20.4 Å². The third-order valence-electron chi connectivity index (χ3n) is 6.04. The number of cyclic esters (lactones) is 1. The van der Waals surface area contributed by atoms with Gasteiger partial charge in [-0.1, -0.05) is 12.1 Å². The Hall–Kier alpha value is -3.20. The van der Waals surface area contributed by atoms with Gasteiger partial charge in [-0.2, -0.15) is 0 Å². The smallest absolute Gasteiger partial charge is 0.414 e. The molecule has 2 aromatic rings. The van der Waals surface area contributed by atoms with Crippen LogP contribution in [0.1, 0.15) is 25.3 Å². The number of rotatable bonds is 7. The third kappa shape index (κ3) is 5.78. The third-order valence-corrected chi connectivity index (χ3v) is 6.04. The van der Waals surface area contributed by atoms with Crippen LogP contribution in [0, 0.1) is 11.6 Å². The highest BCUT2D eigenvalue weighted by molar-refractivity contribution is 5.90. The average Bonchev–Trinajstić information content (AvgIpc) is 3.18. The van der Waals surface area contributed by atoms with E-state index in [4.69, 9.17) is 4.74 Å². The highest BCUT2D eigenvalue weighted by Gasteiger charge is 2.33. The fourth-order valence-electron chi connectivity index (χ4n) is 4.21. The lowest BCUT2D eigenvalue weighted by atomic mass is 10.0. The number of nitrogens with one attached hydrogen (secondary N) is 2. The molecule has 0 unspecified atom stereocenters. The van der Waals surface area contributed by atoms with Crippen LogP contribution in [0.15, 0.2) is 42.5 Å². The van der Waals surface area contributed by atoms with Gasteiger partial charge in [0.2, 0.25) is 5.91 Å². The normalized spacial score (nSPS) is 19.0. The number of carbonyl (C=O) groups excluding carboxylic acids is 2. The molecule has 0 bridgehead atoms. The standard InChI is InChI=1S/C24H28F2N4O3/c1-16(31)27-14-21-15-30(24(32)33-21)20-6-7-23(22(26)12-20)29-10-8-19(9-11-29)28-13-17-2-4-18(25)5-3-17/h2-7,12,19,21,28H,8-11,13-15H2,1H3,(H,27,31)/t21-/m0/s1. The van der Waals surface area contributed by atoms with Gasteiger partial charge in [0.1, 0.15) is 17.7 Å². The molecule has 4 rings (SSSR count). The second-order valence-electron chi connectivity index (χ2n) is 8.46. The number of halogens is 2. The van der Waals surface area contributed by atoms with E-state index in [2.05, 4.69) is 10.6 Å². The fraction of sp³-hybridized carbons (Fsp3) is 0.417. The summed E-state index contributed by atoms with van der Waals surface area (Å²) < 4.78 is 33.2. The van der Waals surface area contributed by atoms with Crippen LogP contribution in [-0.2, 0) is 16.1 Å². The van der Waals surface area contributed by atoms with Crippen molar-refractivity contribution in [1.29, 1.82) is 0 Å². The van der Waals surface area contributed by atoms with Gasteiger partial charge >= 0.3 is 6.09 Å². The van der Waals surface area contributed by atoms with Crippen molar-refractivity contribution in [3.63, 3.8) is 0 Å². The molecule has 2 aliphatic heterocycles. The molecule has 7 nitrogen and oxygen atoms in total. The lowest BCUT2D eigenvalue weighted by Gasteiger charge is -2.34. The van der Waals surface area contributed by atoms with Crippen molar-refractivity contribution >= 4 is 23.4 Å². The molecule has 176 valence electrons. The SMILES string of the molecule is CC(=O)NC[C@H]1CN(c2ccc(N3CCC(NCc4ccc(F)cc4)CC3)c(F)c2)C(=O)O1. The summed E-state index contributed by atoms with van der Waals surface area (Å²) in [6.07, 6.45) is 0.716. The van der Waals surface area contributed by atoms with Crippen molar-refractivity contribution in [2.45, 2.75) is 38.5 Å². The van der Waals surface area contributed by atoms with E-state index in [1.165, 1.54) is 30.0 Å². The molecule has 33 heavy (non-hydrogen) atoms. The molecule has 2 N–H and O–H groups in total. The molecule has 0 spiro atoms. The van der Waals surface area contributed by atoms with Gasteiger partial charge in [0.05, 0.1) is 24.5 Å². The summed E-state index contributed by atoms with van der Waals surface area (Å²) in [6.45, 7) is 3.96. The highest BCUT2D eigenvalue weighted by Crippen LogP contribution is 2.29. The highest BCUT2D eigenvalue weighted by atomic mass is 19.1. The number of anilines is 2. The Kier molecular flexibility index (Phi) is 7.08. The molecule has 2 aliphatic rings. The Morgan fingerprint density at radius 3 is 2.52 bits per heavy atom. The monoisotopic (exact) mass is 458 g/mol. The van der Waals surface area contributed by atoms with E-state index in [0.717, 1.165) is 18.4 Å². The molecule has 0 saturated carbocycles. The first-order valence-electron chi connectivity index (χ1n) is 11.1. The topological polar surface area (TPSA) is 73.9 Å². The van der Waals surface area contributed by atoms with Crippen molar-refractivity contribution in [1.82, 2.24) is 10.6 Å². The quantitative estimate of drug-likeness (QED) is 0.667. The predicted molar refractivity (Wildman–Crippen MR) is 121 cm³/mol. The Bertz CT molecular complexity index is 994. The maximum Gasteiger partial charge on any atom is 0.414 e. The van der Waals surface area contributed by atoms with Crippen LogP contribution in [0.4, 0.5) is 25.0 Å². The second kappa shape index (κ2) is 10.2. The number of ether oxygens (including phenoxy) is 1. The first kappa shape index (κ1) is 23.0. The van der Waals surface area contributed by atoms with Crippen LogP contribution in [0.2, 0.25) is 0 Å². The van der Waals surface area contributed by atoms with Crippen LogP contribution in [0.3, 0.4) is 0 Å². The van der Waals surface area contributed by atoms with Crippen molar-refractivity contribution in [2.24, 2.45) is 0 Å². The van der Waals surface area contributed by atoms with Gasteiger partial charge in [-0.05, 0) is 48.7 Å². The Morgan fingerprint density at radius 2 is 1.85 bits per heavy atom. The van der Waals surface area contributed by atoms with Crippen molar-refractivity contribution in [2.75, 3.05) is 36.0 Å². The summed E-state index contributed by atoms with van der Waals surface area (Å²) in [4.78, 5) is 26.6. The Balaban J connectivity index is 1.30. The molecule has 0 radical (unpaired) electrons. The maximum absolute atomic E-state index is 14.9. The molecular formula is C24H28F2N4O3. The molecule has 1 atom stereocenters. The van der Waals surface area contributed by atoms with E-state index in [1.807, 2.05) is 4.90 Å². The van der Waals surface area contributed by atoms with Gasteiger partial charge in [-0.25, -0.2) is 13.6 Å². The molecule has 2 saturated heterocycles. The van der Waals surface area contributed by atoms with Crippen molar-refractivity contribution < 1.29 is 23.1 Å². The summed E-state index contributed by atoms with van der Waals surface area (Å²) >= 11 is 0. The van der Waals surface area contributed by atoms with Gasteiger partial charge in [0, 0.05) is 32.6 Å². The summed E-state index contributed by atoms with van der Waals surface area (Å²) in [7, 11) is 0. The number of amides is 2. The summed E-state index contributed by atoms with van der Waals surface area (Å²) in [5.74, 6) is -0.829. The number of hydrogen-bond donors (Lipinski definition) is 2. The van der Waals surface area contributed by atoms with Crippen LogP contribution in [0.25, 0.3) is 0 Å². The minimum absolute atomic E-state index is 0.200. The predicted octanol–water partition coefficient (Wildman–Crippen LogP) is 3.18. The van der Waals surface area contributed by atoms with Gasteiger partial charge in [-0.3, -0.25) is 9.69 Å². The molecule has 9 heteroatoms. The van der Waals surface area contributed by atoms with Gasteiger partial charge in [-0.15, -0.1) is 0 Å². The van der Waals surface area contributed by atoms with Crippen LogP contribution >= 0.6 is 0 Å². The van der Waals surface area contributed by atoms with E-state index in [1.54, 1.807) is 24.3 Å². The largest absolute Gasteiger partial charge is 0.442 e. The average molecular weight is 459 g/mol. The Morgan fingerprint density at radius 1 is 1.12 bits per heavy atom. The molecule has 0 aromatic heterocycles. The summed E-state index contributed by atoms with van der Waals surface area (Å²) in [5.41, 5.74) is 1.97. The van der Waals surface area contributed by atoms with Gasteiger partial charge in [0.25, 0.3) is 0 Å². The van der Waals surface area contributed by atoms with E-state index < -0.39 is 12.2 Å². The lowest BCUT2D eigenvalue weighted by Crippen LogP contribution is -2.42. The number of carbonyl (C=O) groups is 2. The lowest BCUT2D eigenvalue weighted by molar-refractivity contribution is -0.119. The van der Waals surface area contributed by atoms with E-state index in [9.17, 15) is 18.4 Å². The first-order valence-corrected chi connectivity index (χ1v) is 11.1. The van der Waals surface area contributed by atoms with Gasteiger partial charge < -0.3 is 20.3 Å². The molecule has 2 amide bonds. The van der Waals surface area contributed by atoms with E-state index >= 15 is 0 Å². The molecule has 2 aromatic carbocycles. The zero-order valence-corrected chi connectivity index (χ0v) is 18.5. The molecule has 2 heterocycles. The Labute approximate surface area is 191 Å². The molecule has 0 aliphatic carbocycles. The number of nitrogens with zero attached hydrogens (tertiary/aromatic N) is 2. The van der Waals surface area contributed by atoms with E-state index in [0.29, 0.717) is 37.1 Å². The zero-order valence-electron chi connectivity index (χ0n) is 18.5. The van der Waals surface area contributed by atoms with Crippen molar-refractivity contribution in [3.8, 4) is 0 Å². The number of hydrogen-bond acceptors (Lipinski definition) is 5. The van der Waals surface area contributed by atoms with E-state index in [-0.39, 0.29) is 30.6 Å². The first-order chi connectivity index (χ1) is 15.9. The second-order valence-corrected chi connectivity index (χ2v) is 8.46. The van der Waals surface area contributed by atoms with Crippen LogP contribution in [-0.4, -0.2) is 50.3 Å². The van der Waals surface area contributed by atoms with Gasteiger partial charge in [0.15, 0.2) is 0 Å². The minimum atomic E-state index is -0.550. The number of benzene rings is 2. The maximum atomic E-state index is 14.9. The summed E-state index contributed by atoms with van der Waals surface area (Å²) in [6, 6.07) is 11.5. The minimum Gasteiger partial charge on any atom is -0.442 e.